The molecule has 162 valence electrons. The third-order valence-corrected chi connectivity index (χ3v) is 6.92. The van der Waals surface area contributed by atoms with Crippen LogP contribution in [0, 0.1) is 12.8 Å². The fraction of sp³-hybridized carbons (Fsp3) is 0.591. The molecule has 1 aromatic carbocycles. The van der Waals surface area contributed by atoms with Gasteiger partial charge in [0.25, 0.3) is 0 Å². The number of thioether (sulfide) groups is 1. The molecule has 2 fully saturated rings. The van der Waals surface area contributed by atoms with E-state index in [1.165, 1.54) is 36.6 Å². The molecule has 0 radical (unpaired) electrons. The number of hydrogen-bond acceptors (Lipinski definition) is 6. The van der Waals surface area contributed by atoms with Crippen LogP contribution < -0.4 is 10.2 Å². The molecule has 0 bridgehead atoms. The first-order chi connectivity index (χ1) is 14.6. The summed E-state index contributed by atoms with van der Waals surface area (Å²) in [4.78, 5) is 14.8. The van der Waals surface area contributed by atoms with Crippen molar-refractivity contribution >= 4 is 23.6 Å². The van der Waals surface area contributed by atoms with Crippen LogP contribution in [0.4, 0.5) is 5.95 Å². The highest BCUT2D eigenvalue weighted by Crippen LogP contribution is 2.28. The lowest BCUT2D eigenvalue weighted by Crippen LogP contribution is -2.41. The third kappa shape index (κ3) is 4.98. The van der Waals surface area contributed by atoms with Gasteiger partial charge in [0.15, 0.2) is 5.16 Å². The van der Waals surface area contributed by atoms with Crippen LogP contribution in [0.25, 0.3) is 5.69 Å². The molecule has 1 aromatic heterocycles. The summed E-state index contributed by atoms with van der Waals surface area (Å²) in [6.07, 6.45) is 4.75. The number of benzene rings is 1. The van der Waals surface area contributed by atoms with Crippen molar-refractivity contribution < 1.29 is 9.53 Å². The molecule has 8 heteroatoms. The number of aromatic nitrogens is 3. The molecule has 1 saturated heterocycles. The Bertz CT molecular complexity index is 848. The number of rotatable bonds is 6. The Morgan fingerprint density at radius 3 is 2.63 bits per heavy atom. The van der Waals surface area contributed by atoms with Gasteiger partial charge in [0, 0.05) is 19.1 Å². The molecular weight excluding hydrogens is 398 g/mol. The molecule has 7 nitrogen and oxygen atoms in total. The topological polar surface area (TPSA) is 72.3 Å². The van der Waals surface area contributed by atoms with Crippen molar-refractivity contribution in [1.29, 1.82) is 0 Å². The van der Waals surface area contributed by atoms with Gasteiger partial charge in [-0.3, -0.25) is 9.36 Å². The Hall–Kier alpha value is -2.06. The summed E-state index contributed by atoms with van der Waals surface area (Å²) >= 11 is 1.45. The summed E-state index contributed by atoms with van der Waals surface area (Å²) in [6, 6.07) is 8.63. The number of ether oxygens (including phenoxy) is 1. The van der Waals surface area contributed by atoms with E-state index in [1.54, 1.807) is 0 Å². The molecule has 2 atom stereocenters. The van der Waals surface area contributed by atoms with E-state index in [9.17, 15) is 4.79 Å². The fourth-order valence-electron chi connectivity index (χ4n) is 4.15. The zero-order chi connectivity index (χ0) is 20.9. The van der Waals surface area contributed by atoms with Crippen molar-refractivity contribution in [1.82, 2.24) is 20.1 Å². The average molecular weight is 430 g/mol. The number of aryl methyl sites for hydroxylation is 1. The number of hydrogen-bond donors (Lipinski definition) is 1. The van der Waals surface area contributed by atoms with Gasteiger partial charge in [0.1, 0.15) is 0 Å². The summed E-state index contributed by atoms with van der Waals surface area (Å²) in [6.45, 7) is 7.25. The van der Waals surface area contributed by atoms with E-state index < -0.39 is 0 Å². The van der Waals surface area contributed by atoms with Crippen molar-refractivity contribution in [2.45, 2.75) is 50.7 Å². The van der Waals surface area contributed by atoms with E-state index >= 15 is 0 Å². The van der Waals surface area contributed by atoms with Gasteiger partial charge in [-0.15, -0.1) is 10.2 Å². The Labute approximate surface area is 182 Å². The lowest BCUT2D eigenvalue weighted by Gasteiger charge is -2.29. The molecule has 1 N–H and O–H groups in total. The van der Waals surface area contributed by atoms with Crippen molar-refractivity contribution in [2.24, 2.45) is 5.92 Å². The Morgan fingerprint density at radius 2 is 1.90 bits per heavy atom. The molecule has 2 aromatic rings. The van der Waals surface area contributed by atoms with E-state index in [4.69, 9.17) is 4.74 Å². The quantitative estimate of drug-likeness (QED) is 0.711. The maximum Gasteiger partial charge on any atom is 0.232 e. The van der Waals surface area contributed by atoms with Crippen molar-refractivity contribution in [3.05, 3.63) is 29.8 Å². The third-order valence-electron chi connectivity index (χ3n) is 5.99. The first-order valence-electron chi connectivity index (χ1n) is 10.9. The van der Waals surface area contributed by atoms with Crippen molar-refractivity contribution in [2.75, 3.05) is 37.0 Å². The van der Waals surface area contributed by atoms with Crippen LogP contribution in [-0.4, -0.2) is 58.8 Å². The normalized spacial score (nSPS) is 22.1. The van der Waals surface area contributed by atoms with E-state index in [0.717, 1.165) is 36.3 Å². The summed E-state index contributed by atoms with van der Waals surface area (Å²) in [5.74, 6) is 1.78. The lowest BCUT2D eigenvalue weighted by molar-refractivity contribution is -0.119. The smallest absolute Gasteiger partial charge is 0.232 e. The van der Waals surface area contributed by atoms with Crippen LogP contribution in [0.1, 0.15) is 38.2 Å². The Balaban J connectivity index is 1.50. The van der Waals surface area contributed by atoms with Crippen LogP contribution in [-0.2, 0) is 9.53 Å². The molecule has 1 amide bonds. The van der Waals surface area contributed by atoms with E-state index in [-0.39, 0.29) is 5.91 Å². The number of carbonyl (C=O) groups excluding carboxylic acids is 1. The fourth-order valence-corrected chi connectivity index (χ4v) is 4.91. The van der Waals surface area contributed by atoms with Crippen LogP contribution in [0.2, 0.25) is 0 Å². The second-order valence-electron chi connectivity index (χ2n) is 8.28. The minimum Gasteiger partial charge on any atom is -0.378 e. The Kier molecular flexibility index (Phi) is 6.94. The molecule has 1 aliphatic carbocycles. The zero-order valence-corrected chi connectivity index (χ0v) is 18.7. The molecule has 2 heterocycles. The number of anilines is 1. The number of nitrogens with one attached hydrogen (secondary N) is 1. The van der Waals surface area contributed by atoms with Gasteiger partial charge in [0.2, 0.25) is 11.9 Å². The number of nitrogens with zero attached hydrogens (tertiary/aromatic N) is 4. The lowest BCUT2D eigenvalue weighted by atomic mass is 9.86. The molecule has 30 heavy (non-hydrogen) atoms. The van der Waals surface area contributed by atoms with Crippen LogP contribution in [0.15, 0.2) is 29.4 Å². The molecule has 1 aliphatic heterocycles. The number of amides is 1. The van der Waals surface area contributed by atoms with Gasteiger partial charge in [-0.2, -0.15) is 0 Å². The van der Waals surface area contributed by atoms with Gasteiger partial charge in [0.05, 0.1) is 24.7 Å². The Morgan fingerprint density at radius 1 is 1.17 bits per heavy atom. The van der Waals surface area contributed by atoms with E-state index in [0.29, 0.717) is 30.9 Å². The highest BCUT2D eigenvalue weighted by atomic mass is 32.2. The molecule has 4 rings (SSSR count). The highest BCUT2D eigenvalue weighted by Gasteiger charge is 2.25. The summed E-state index contributed by atoms with van der Waals surface area (Å²) in [5.41, 5.74) is 2.21. The van der Waals surface area contributed by atoms with Crippen LogP contribution >= 0.6 is 11.8 Å². The van der Waals surface area contributed by atoms with Crippen LogP contribution in [0.3, 0.4) is 0 Å². The minimum absolute atomic E-state index is 0.0742. The van der Waals surface area contributed by atoms with Crippen LogP contribution in [0.5, 0.6) is 0 Å². The van der Waals surface area contributed by atoms with Crippen molar-refractivity contribution in [3.63, 3.8) is 0 Å². The number of morpholine rings is 1. The minimum atomic E-state index is 0.0742. The molecule has 2 aliphatic rings. The summed E-state index contributed by atoms with van der Waals surface area (Å²) in [5, 5.41) is 12.9. The number of carbonyl (C=O) groups is 1. The SMILES string of the molecule is Cc1ccc(-n2c(SCC(=O)NC3CCCCC3C)nnc2N2CCOCC2)cc1. The standard InChI is InChI=1S/C22H31N5O2S/c1-16-7-9-18(10-8-16)27-21(26-11-13-29-14-12-26)24-25-22(27)30-15-20(28)23-19-6-4-3-5-17(19)2/h7-10,17,19H,3-6,11-15H2,1-2H3,(H,23,28). The van der Waals surface area contributed by atoms with Crippen molar-refractivity contribution in [3.8, 4) is 5.69 Å². The maximum atomic E-state index is 12.6. The molecular formula is C22H31N5O2S. The highest BCUT2D eigenvalue weighted by molar-refractivity contribution is 7.99. The summed E-state index contributed by atoms with van der Waals surface area (Å²) < 4.78 is 7.55. The second-order valence-corrected chi connectivity index (χ2v) is 9.22. The summed E-state index contributed by atoms with van der Waals surface area (Å²) in [7, 11) is 0. The first-order valence-corrected chi connectivity index (χ1v) is 11.9. The van der Waals surface area contributed by atoms with Gasteiger partial charge in [-0.25, -0.2) is 0 Å². The monoisotopic (exact) mass is 429 g/mol. The molecule has 1 saturated carbocycles. The van der Waals surface area contributed by atoms with Gasteiger partial charge in [-0.1, -0.05) is 49.2 Å². The molecule has 2 unspecified atom stereocenters. The molecule has 0 spiro atoms. The van der Waals surface area contributed by atoms with Gasteiger partial charge < -0.3 is 15.0 Å². The largest absolute Gasteiger partial charge is 0.378 e. The average Bonchev–Trinajstić information content (AvgIpc) is 3.19. The zero-order valence-electron chi connectivity index (χ0n) is 17.8. The first kappa shape index (κ1) is 21.2. The van der Waals surface area contributed by atoms with Gasteiger partial charge in [-0.05, 0) is 37.8 Å². The van der Waals surface area contributed by atoms with E-state index in [1.807, 2.05) is 0 Å². The maximum absolute atomic E-state index is 12.6. The van der Waals surface area contributed by atoms with E-state index in [2.05, 4.69) is 63.1 Å². The predicted molar refractivity (Wildman–Crippen MR) is 119 cm³/mol. The predicted octanol–water partition coefficient (Wildman–Crippen LogP) is 3.20. The second kappa shape index (κ2) is 9.83. The van der Waals surface area contributed by atoms with Gasteiger partial charge >= 0.3 is 0 Å².